The normalized spacial score (nSPS) is 17.1. The van der Waals surface area contributed by atoms with Crippen LogP contribution in [0.1, 0.15) is 22.3 Å². The van der Waals surface area contributed by atoms with Crippen LogP contribution in [0.5, 0.6) is 11.5 Å². The first-order valence-electron chi connectivity index (χ1n) is 19.3. The van der Waals surface area contributed by atoms with Gasteiger partial charge in [0.1, 0.15) is 35.6 Å². The number of hydrogen-bond acceptors (Lipinski definition) is 12. The molecule has 3 aromatic carbocycles. The van der Waals surface area contributed by atoms with Crippen LogP contribution in [0.15, 0.2) is 88.6 Å². The Bertz CT molecular complexity index is 2190. The van der Waals surface area contributed by atoms with Crippen LogP contribution in [0.3, 0.4) is 0 Å². The molecule has 1 aliphatic carbocycles. The van der Waals surface area contributed by atoms with E-state index in [1.807, 2.05) is 12.1 Å². The molecule has 6 rings (SSSR count). The maximum atomic E-state index is 15.2. The van der Waals surface area contributed by atoms with E-state index in [0.29, 0.717) is 17.7 Å². The summed E-state index contributed by atoms with van der Waals surface area (Å²) in [6.45, 7) is 5.21. The molecule has 0 aromatic heterocycles. The molecule has 12 nitrogen and oxygen atoms in total. The standard InChI is InChI=1S/C44H48F3NO11/c1-2-3-29-4-9-40(31(20-29)26-50)58-28-34-27-56-17-16-55-15-14-53-12-10-48(11-13-54-18-19-57-34)39-24-38(44(45,46)47)37(21-30(39)25-49)43-35-7-5-32(51)22-41(35)59-42-23-33(52)6-8-36(42)43/h2,4-9,20-24,34,49-51H,1,3,10-19,25-28H2. The highest BCUT2D eigenvalue weighted by atomic mass is 19.4. The third-order valence-electron chi connectivity index (χ3n) is 9.72. The average molecular weight is 824 g/mol. The van der Waals surface area contributed by atoms with Crippen molar-refractivity contribution < 1.29 is 61.3 Å². The molecule has 1 atom stereocenters. The quantitative estimate of drug-likeness (QED) is 0.112. The second kappa shape index (κ2) is 20.8. The fourth-order valence-corrected chi connectivity index (χ4v) is 6.90. The Morgan fingerprint density at radius 3 is 2.22 bits per heavy atom. The molecule has 1 saturated heterocycles. The van der Waals surface area contributed by atoms with Gasteiger partial charge in [-0.05, 0) is 66.1 Å². The molecule has 0 spiro atoms. The minimum atomic E-state index is -4.85. The molecule has 316 valence electrons. The summed E-state index contributed by atoms with van der Waals surface area (Å²) in [6, 6.07) is 15.8. The van der Waals surface area contributed by atoms with E-state index in [2.05, 4.69) is 6.58 Å². The maximum absolute atomic E-state index is 15.2. The van der Waals surface area contributed by atoms with Gasteiger partial charge in [0.2, 0.25) is 0 Å². The van der Waals surface area contributed by atoms with E-state index in [9.17, 15) is 20.1 Å². The lowest BCUT2D eigenvalue weighted by atomic mass is 9.88. The summed E-state index contributed by atoms with van der Waals surface area (Å²) in [5, 5.41) is 31.0. The van der Waals surface area contributed by atoms with E-state index < -0.39 is 29.9 Å². The van der Waals surface area contributed by atoms with E-state index in [0.717, 1.165) is 11.6 Å². The molecule has 0 amide bonds. The summed E-state index contributed by atoms with van der Waals surface area (Å²) in [4.78, 5) is 13.9. The first-order valence-corrected chi connectivity index (χ1v) is 19.3. The highest BCUT2D eigenvalue weighted by molar-refractivity contribution is 6.03. The van der Waals surface area contributed by atoms with E-state index >= 15 is 13.2 Å². The van der Waals surface area contributed by atoms with Gasteiger partial charge in [-0.3, -0.25) is 4.79 Å². The Kier molecular flexibility index (Phi) is 15.4. The highest BCUT2D eigenvalue weighted by Gasteiger charge is 2.37. The number of aromatic hydroxyl groups is 1. The number of alkyl halides is 3. The number of rotatable bonds is 9. The van der Waals surface area contributed by atoms with Crippen molar-refractivity contribution in [2.24, 2.45) is 0 Å². The molecular formula is C44H48F3NO11. The van der Waals surface area contributed by atoms with E-state index in [1.54, 1.807) is 17.0 Å². The Labute approximate surface area is 339 Å². The van der Waals surface area contributed by atoms with Crippen LogP contribution in [0, 0.1) is 0 Å². The van der Waals surface area contributed by atoms with Crippen LogP contribution in [-0.2, 0) is 49.5 Å². The molecule has 15 heteroatoms. The number of aliphatic hydroxyl groups is 2. The van der Waals surface area contributed by atoms with Gasteiger partial charge < -0.3 is 53.1 Å². The van der Waals surface area contributed by atoms with Crippen LogP contribution in [0.4, 0.5) is 18.9 Å². The number of phenolic OH excluding ortho intramolecular Hbond substituents is 1. The Morgan fingerprint density at radius 2 is 1.51 bits per heavy atom. The van der Waals surface area contributed by atoms with Crippen LogP contribution in [0.2, 0.25) is 0 Å². The van der Waals surface area contributed by atoms with Crippen LogP contribution >= 0.6 is 0 Å². The zero-order valence-electron chi connectivity index (χ0n) is 32.5. The van der Waals surface area contributed by atoms with Crippen molar-refractivity contribution in [1.82, 2.24) is 0 Å². The van der Waals surface area contributed by atoms with Crippen molar-refractivity contribution in [3.05, 3.63) is 112 Å². The Morgan fingerprint density at radius 1 is 0.797 bits per heavy atom. The summed E-state index contributed by atoms with van der Waals surface area (Å²) in [7, 11) is 0. The van der Waals surface area contributed by atoms with Crippen molar-refractivity contribution in [3.8, 4) is 33.9 Å². The molecule has 3 N–H and O–H groups in total. The number of hydrogen-bond donors (Lipinski definition) is 3. The van der Waals surface area contributed by atoms with Crippen LogP contribution in [-0.4, -0.2) is 101 Å². The van der Waals surface area contributed by atoms with Crippen molar-refractivity contribution in [2.45, 2.75) is 31.9 Å². The van der Waals surface area contributed by atoms with E-state index in [-0.39, 0.29) is 136 Å². The highest BCUT2D eigenvalue weighted by Crippen LogP contribution is 2.47. The number of fused-ring (bicyclic) bond motifs is 2. The molecule has 1 unspecified atom stereocenters. The summed E-state index contributed by atoms with van der Waals surface area (Å²) in [5.41, 5.74) is 0.821. The third-order valence-corrected chi connectivity index (χ3v) is 9.72. The van der Waals surface area contributed by atoms with Gasteiger partial charge in [0.15, 0.2) is 5.43 Å². The van der Waals surface area contributed by atoms with Gasteiger partial charge in [-0.15, -0.1) is 6.58 Å². The minimum absolute atomic E-state index is 0.0413. The number of ether oxygens (including phenoxy) is 6. The fraction of sp³-hybridized carbons (Fsp3) is 0.386. The first kappa shape index (κ1) is 43.6. The average Bonchev–Trinajstić information content (AvgIpc) is 3.21. The number of aliphatic hydroxyl groups excluding tert-OH is 2. The minimum Gasteiger partial charge on any atom is -0.508 e. The van der Waals surface area contributed by atoms with E-state index in [1.165, 1.54) is 42.5 Å². The SMILES string of the molecule is C=CCc1ccc(OCC2COCCOCCOCCN(c3cc(C(F)(F)F)c(-c4c5ccc(=O)cc-5oc5cc(O)ccc45)cc3CO)CCOCCO2)c(CO)c1. The number of phenols is 1. The largest absolute Gasteiger partial charge is 0.508 e. The molecule has 2 aliphatic heterocycles. The maximum Gasteiger partial charge on any atom is 0.417 e. The van der Waals surface area contributed by atoms with Crippen molar-refractivity contribution in [3.63, 3.8) is 0 Å². The third kappa shape index (κ3) is 11.4. The number of halogens is 3. The van der Waals surface area contributed by atoms with Gasteiger partial charge in [-0.1, -0.05) is 12.1 Å². The smallest absolute Gasteiger partial charge is 0.417 e. The molecule has 3 aromatic rings. The van der Waals surface area contributed by atoms with Gasteiger partial charge in [0, 0.05) is 58.5 Å². The first-order chi connectivity index (χ1) is 28.6. The molecule has 0 radical (unpaired) electrons. The van der Waals surface area contributed by atoms with Gasteiger partial charge in [-0.2, -0.15) is 13.2 Å². The topological polar surface area (TPSA) is 150 Å². The number of allylic oxidation sites excluding steroid dienone is 1. The van der Waals surface area contributed by atoms with Gasteiger partial charge >= 0.3 is 6.18 Å². The zero-order valence-corrected chi connectivity index (χ0v) is 32.5. The summed E-state index contributed by atoms with van der Waals surface area (Å²) in [5.74, 6) is 0.390. The van der Waals surface area contributed by atoms with Crippen LogP contribution in [0.25, 0.3) is 33.4 Å². The lowest BCUT2D eigenvalue weighted by Gasteiger charge is -2.29. The number of benzene rings is 4. The number of anilines is 1. The summed E-state index contributed by atoms with van der Waals surface area (Å²) < 4.78 is 86.6. The second-order valence-corrected chi connectivity index (χ2v) is 13.8. The zero-order chi connectivity index (χ0) is 41.8. The lowest BCUT2D eigenvalue weighted by molar-refractivity contribution is -0.137. The van der Waals surface area contributed by atoms with E-state index in [4.69, 9.17) is 32.8 Å². The molecule has 0 bridgehead atoms. The molecule has 1 fully saturated rings. The molecular weight excluding hydrogens is 775 g/mol. The molecule has 59 heavy (non-hydrogen) atoms. The summed E-state index contributed by atoms with van der Waals surface area (Å²) >= 11 is 0. The Balaban J connectivity index is 1.23. The fourth-order valence-electron chi connectivity index (χ4n) is 6.90. The van der Waals surface area contributed by atoms with Crippen LogP contribution < -0.4 is 15.1 Å². The van der Waals surface area contributed by atoms with Crippen molar-refractivity contribution in [2.75, 3.05) is 84.1 Å². The number of nitrogens with zero attached hydrogens (tertiary/aromatic N) is 1. The van der Waals surface area contributed by atoms with Gasteiger partial charge in [0.25, 0.3) is 0 Å². The van der Waals surface area contributed by atoms with Gasteiger partial charge in [0.05, 0.1) is 78.2 Å². The molecule has 2 heterocycles. The predicted octanol–water partition coefficient (Wildman–Crippen LogP) is 6.35. The summed E-state index contributed by atoms with van der Waals surface area (Å²) in [6.07, 6.45) is -2.91. The molecule has 3 aliphatic rings. The Hall–Kier alpha value is -5.00. The second-order valence-electron chi connectivity index (χ2n) is 13.8. The van der Waals surface area contributed by atoms with Crippen molar-refractivity contribution >= 4 is 16.7 Å². The lowest BCUT2D eigenvalue weighted by Crippen LogP contribution is -2.33. The van der Waals surface area contributed by atoms with Crippen molar-refractivity contribution in [1.29, 1.82) is 0 Å². The molecule has 0 saturated carbocycles. The van der Waals surface area contributed by atoms with Gasteiger partial charge in [-0.25, -0.2) is 0 Å². The monoisotopic (exact) mass is 823 g/mol. The predicted molar refractivity (Wildman–Crippen MR) is 214 cm³/mol.